The summed E-state index contributed by atoms with van der Waals surface area (Å²) >= 11 is 0. The molecule has 1 saturated carbocycles. The van der Waals surface area contributed by atoms with Crippen LogP contribution in [0.25, 0.3) is 0 Å². The summed E-state index contributed by atoms with van der Waals surface area (Å²) in [5, 5.41) is 10.6. The molecule has 0 aliphatic heterocycles. The molecule has 3 heteroatoms. The third kappa shape index (κ3) is 3.37. The summed E-state index contributed by atoms with van der Waals surface area (Å²) in [4.78, 5) is 2.03. The van der Waals surface area contributed by atoms with E-state index in [0.717, 1.165) is 35.4 Å². The average molecular weight is 283 g/mol. The van der Waals surface area contributed by atoms with Gasteiger partial charge in [0.15, 0.2) is 0 Å². The van der Waals surface area contributed by atoms with Gasteiger partial charge in [0, 0.05) is 19.8 Å². The zero-order valence-electron chi connectivity index (χ0n) is 12.5. The standard InChI is InChI=1S/C18H21NO2/c1-19(2)15-7-3-5-13(11-15)18(20)14-6-4-8-17(12-14)21-16-9-10-16/h3-8,11-12,16,18,20H,9-10H2,1-2H3. The molecular weight excluding hydrogens is 262 g/mol. The highest BCUT2D eigenvalue weighted by atomic mass is 16.5. The van der Waals surface area contributed by atoms with Crippen molar-refractivity contribution < 1.29 is 9.84 Å². The van der Waals surface area contributed by atoms with Gasteiger partial charge < -0.3 is 14.7 Å². The molecule has 21 heavy (non-hydrogen) atoms. The predicted molar refractivity (Wildman–Crippen MR) is 84.9 cm³/mol. The SMILES string of the molecule is CN(C)c1cccc(C(O)c2cccc(OC3CC3)c2)c1. The lowest BCUT2D eigenvalue weighted by atomic mass is 10.0. The van der Waals surface area contributed by atoms with Gasteiger partial charge >= 0.3 is 0 Å². The highest BCUT2D eigenvalue weighted by Gasteiger charge is 2.23. The minimum Gasteiger partial charge on any atom is -0.490 e. The van der Waals surface area contributed by atoms with Crippen molar-refractivity contribution in [1.82, 2.24) is 0 Å². The van der Waals surface area contributed by atoms with Gasteiger partial charge in [-0.2, -0.15) is 0 Å². The van der Waals surface area contributed by atoms with E-state index in [4.69, 9.17) is 4.74 Å². The molecule has 0 aromatic heterocycles. The topological polar surface area (TPSA) is 32.7 Å². The van der Waals surface area contributed by atoms with Crippen LogP contribution in [0.2, 0.25) is 0 Å². The number of benzene rings is 2. The van der Waals surface area contributed by atoms with E-state index in [9.17, 15) is 5.11 Å². The Bertz CT molecular complexity index is 620. The zero-order chi connectivity index (χ0) is 14.8. The van der Waals surface area contributed by atoms with Gasteiger partial charge in [0.25, 0.3) is 0 Å². The summed E-state index contributed by atoms with van der Waals surface area (Å²) in [5.41, 5.74) is 2.84. The molecule has 0 heterocycles. The van der Waals surface area contributed by atoms with Crippen LogP contribution in [0.4, 0.5) is 5.69 Å². The molecule has 1 aliphatic carbocycles. The molecule has 0 saturated heterocycles. The lowest BCUT2D eigenvalue weighted by Crippen LogP contribution is -2.09. The molecule has 0 spiro atoms. The number of hydrogen-bond donors (Lipinski definition) is 1. The van der Waals surface area contributed by atoms with Crippen molar-refractivity contribution in [3.8, 4) is 5.75 Å². The smallest absolute Gasteiger partial charge is 0.120 e. The molecule has 0 bridgehead atoms. The molecular formula is C18H21NO2. The quantitative estimate of drug-likeness (QED) is 0.913. The number of aliphatic hydroxyl groups is 1. The largest absolute Gasteiger partial charge is 0.490 e. The monoisotopic (exact) mass is 283 g/mol. The first-order valence-corrected chi connectivity index (χ1v) is 7.35. The Hall–Kier alpha value is -2.00. The van der Waals surface area contributed by atoms with Crippen LogP contribution in [0.1, 0.15) is 30.1 Å². The van der Waals surface area contributed by atoms with Crippen LogP contribution in [-0.2, 0) is 0 Å². The number of nitrogens with zero attached hydrogens (tertiary/aromatic N) is 1. The lowest BCUT2D eigenvalue weighted by Gasteiger charge is -2.17. The van der Waals surface area contributed by atoms with Crippen molar-refractivity contribution in [1.29, 1.82) is 0 Å². The Kier molecular flexibility index (Phi) is 3.84. The zero-order valence-corrected chi connectivity index (χ0v) is 12.5. The van der Waals surface area contributed by atoms with Gasteiger partial charge in [0.2, 0.25) is 0 Å². The van der Waals surface area contributed by atoms with Crippen LogP contribution in [0, 0.1) is 0 Å². The molecule has 0 amide bonds. The van der Waals surface area contributed by atoms with Gasteiger partial charge in [0.1, 0.15) is 11.9 Å². The van der Waals surface area contributed by atoms with Crippen LogP contribution in [0.5, 0.6) is 5.75 Å². The van der Waals surface area contributed by atoms with E-state index in [2.05, 4.69) is 0 Å². The third-order valence-electron chi connectivity index (χ3n) is 3.70. The van der Waals surface area contributed by atoms with Gasteiger partial charge in [-0.15, -0.1) is 0 Å². The first-order valence-electron chi connectivity index (χ1n) is 7.35. The van der Waals surface area contributed by atoms with E-state index in [0.29, 0.717) is 6.10 Å². The van der Waals surface area contributed by atoms with E-state index in [1.165, 1.54) is 0 Å². The summed E-state index contributed by atoms with van der Waals surface area (Å²) in [7, 11) is 3.99. The Balaban J connectivity index is 1.83. The minimum absolute atomic E-state index is 0.370. The number of ether oxygens (including phenoxy) is 1. The normalized spacial score (nSPS) is 15.6. The molecule has 0 radical (unpaired) electrons. The fourth-order valence-corrected chi connectivity index (χ4v) is 2.30. The van der Waals surface area contributed by atoms with E-state index >= 15 is 0 Å². The van der Waals surface area contributed by atoms with Crippen molar-refractivity contribution >= 4 is 5.69 Å². The average Bonchev–Trinajstić information content (AvgIpc) is 3.31. The van der Waals surface area contributed by atoms with Crippen molar-refractivity contribution in [3.05, 3.63) is 59.7 Å². The number of anilines is 1. The molecule has 1 fully saturated rings. The highest BCUT2D eigenvalue weighted by molar-refractivity contribution is 5.49. The van der Waals surface area contributed by atoms with Gasteiger partial charge in [-0.3, -0.25) is 0 Å². The molecule has 1 unspecified atom stereocenters. The molecule has 1 N–H and O–H groups in total. The summed E-state index contributed by atoms with van der Waals surface area (Å²) in [6, 6.07) is 15.7. The van der Waals surface area contributed by atoms with Gasteiger partial charge in [-0.25, -0.2) is 0 Å². The Labute approximate surface area is 125 Å². The Morgan fingerprint density at radius 1 is 1.05 bits per heavy atom. The minimum atomic E-state index is -0.632. The second kappa shape index (κ2) is 5.78. The fourth-order valence-electron chi connectivity index (χ4n) is 2.30. The number of hydrogen-bond acceptors (Lipinski definition) is 3. The van der Waals surface area contributed by atoms with Crippen LogP contribution in [0.3, 0.4) is 0 Å². The summed E-state index contributed by atoms with van der Waals surface area (Å²) in [5.74, 6) is 0.845. The van der Waals surface area contributed by atoms with E-state index in [1.807, 2.05) is 67.5 Å². The molecule has 2 aromatic carbocycles. The number of rotatable bonds is 5. The van der Waals surface area contributed by atoms with Crippen LogP contribution < -0.4 is 9.64 Å². The third-order valence-corrected chi connectivity index (χ3v) is 3.70. The van der Waals surface area contributed by atoms with E-state index < -0.39 is 6.10 Å². The molecule has 2 aromatic rings. The van der Waals surface area contributed by atoms with E-state index in [-0.39, 0.29) is 0 Å². The Morgan fingerprint density at radius 3 is 2.38 bits per heavy atom. The summed E-state index contributed by atoms with van der Waals surface area (Å²) in [6.07, 6.45) is 2.01. The molecule has 3 rings (SSSR count). The van der Waals surface area contributed by atoms with Gasteiger partial charge in [-0.1, -0.05) is 24.3 Å². The second-order valence-electron chi connectivity index (χ2n) is 5.78. The second-order valence-corrected chi connectivity index (χ2v) is 5.78. The van der Waals surface area contributed by atoms with Crippen molar-refractivity contribution in [2.75, 3.05) is 19.0 Å². The van der Waals surface area contributed by atoms with Crippen LogP contribution in [0.15, 0.2) is 48.5 Å². The first-order chi connectivity index (χ1) is 10.1. The molecule has 3 nitrogen and oxygen atoms in total. The summed E-state index contributed by atoms with van der Waals surface area (Å²) in [6.45, 7) is 0. The maximum atomic E-state index is 10.6. The van der Waals surface area contributed by atoms with Crippen LogP contribution >= 0.6 is 0 Å². The van der Waals surface area contributed by atoms with Crippen molar-refractivity contribution in [2.45, 2.75) is 25.0 Å². The number of aliphatic hydroxyl groups excluding tert-OH is 1. The lowest BCUT2D eigenvalue weighted by molar-refractivity contribution is 0.219. The fraction of sp³-hybridized carbons (Fsp3) is 0.333. The van der Waals surface area contributed by atoms with Crippen molar-refractivity contribution in [3.63, 3.8) is 0 Å². The molecule has 110 valence electrons. The molecule has 1 aliphatic rings. The first kappa shape index (κ1) is 14.0. The van der Waals surface area contributed by atoms with Gasteiger partial charge in [0.05, 0.1) is 6.10 Å². The predicted octanol–water partition coefficient (Wildman–Crippen LogP) is 3.38. The maximum Gasteiger partial charge on any atom is 0.120 e. The van der Waals surface area contributed by atoms with Crippen molar-refractivity contribution in [2.24, 2.45) is 0 Å². The highest BCUT2D eigenvalue weighted by Crippen LogP contribution is 2.30. The van der Waals surface area contributed by atoms with Crippen LogP contribution in [-0.4, -0.2) is 25.3 Å². The van der Waals surface area contributed by atoms with E-state index in [1.54, 1.807) is 0 Å². The summed E-state index contributed by atoms with van der Waals surface area (Å²) < 4.78 is 5.79. The maximum absolute atomic E-state index is 10.6. The Morgan fingerprint density at radius 2 is 1.71 bits per heavy atom. The van der Waals surface area contributed by atoms with Gasteiger partial charge in [-0.05, 0) is 48.2 Å². The molecule has 1 atom stereocenters.